The zero-order valence-corrected chi connectivity index (χ0v) is 11.0. The molecule has 0 radical (unpaired) electrons. The molecule has 1 aliphatic rings. The molecule has 0 spiro atoms. The molecule has 16 heavy (non-hydrogen) atoms. The third-order valence-electron chi connectivity index (χ3n) is 3.10. The SMILES string of the molecule is CC(=O)N1CCC(NC(C)CN(C)C)CC1. The standard InChI is InChI=1S/C12H25N3O/c1-10(9-14(3)4)13-12-5-7-15(8-6-12)11(2)16/h10,12-13H,5-9H2,1-4H3. The number of likely N-dealkylation sites (N-methyl/N-ethyl adjacent to an activating group) is 1. The van der Waals surface area contributed by atoms with Crippen LogP contribution in [0.3, 0.4) is 0 Å². The van der Waals surface area contributed by atoms with E-state index >= 15 is 0 Å². The monoisotopic (exact) mass is 227 g/mol. The van der Waals surface area contributed by atoms with Gasteiger partial charge in [-0.15, -0.1) is 0 Å². The van der Waals surface area contributed by atoms with Gasteiger partial charge in [0.25, 0.3) is 0 Å². The largest absolute Gasteiger partial charge is 0.343 e. The van der Waals surface area contributed by atoms with Crippen LogP contribution in [0.1, 0.15) is 26.7 Å². The molecule has 4 nitrogen and oxygen atoms in total. The van der Waals surface area contributed by atoms with Gasteiger partial charge in [-0.1, -0.05) is 0 Å². The summed E-state index contributed by atoms with van der Waals surface area (Å²) in [5, 5.41) is 3.63. The molecule has 0 saturated carbocycles. The molecule has 1 heterocycles. The second kappa shape index (κ2) is 6.21. The van der Waals surface area contributed by atoms with Crippen LogP contribution in [0.15, 0.2) is 0 Å². The average molecular weight is 227 g/mol. The van der Waals surface area contributed by atoms with Crippen LogP contribution in [-0.4, -0.2) is 61.5 Å². The molecule has 4 heteroatoms. The van der Waals surface area contributed by atoms with E-state index in [0.717, 1.165) is 32.5 Å². The van der Waals surface area contributed by atoms with Crippen molar-refractivity contribution in [2.24, 2.45) is 0 Å². The maximum Gasteiger partial charge on any atom is 0.219 e. The van der Waals surface area contributed by atoms with Crippen LogP contribution in [-0.2, 0) is 4.79 Å². The number of nitrogens with one attached hydrogen (secondary N) is 1. The van der Waals surface area contributed by atoms with Gasteiger partial charge in [-0.05, 0) is 33.9 Å². The Morgan fingerprint density at radius 1 is 1.44 bits per heavy atom. The normalized spacial score (nSPS) is 20.2. The van der Waals surface area contributed by atoms with Gasteiger partial charge in [0, 0.05) is 38.6 Å². The van der Waals surface area contributed by atoms with Gasteiger partial charge < -0.3 is 15.1 Å². The molecule has 0 aromatic heterocycles. The van der Waals surface area contributed by atoms with Crippen molar-refractivity contribution in [2.45, 2.75) is 38.8 Å². The van der Waals surface area contributed by atoms with Crippen LogP contribution >= 0.6 is 0 Å². The van der Waals surface area contributed by atoms with E-state index in [4.69, 9.17) is 0 Å². The summed E-state index contributed by atoms with van der Waals surface area (Å²) in [5.74, 6) is 0.208. The van der Waals surface area contributed by atoms with E-state index in [9.17, 15) is 4.79 Å². The highest BCUT2D eigenvalue weighted by atomic mass is 16.2. The smallest absolute Gasteiger partial charge is 0.219 e. The molecule has 1 rings (SSSR count). The minimum Gasteiger partial charge on any atom is -0.343 e. The topological polar surface area (TPSA) is 35.6 Å². The summed E-state index contributed by atoms with van der Waals surface area (Å²) in [6.45, 7) is 6.75. The van der Waals surface area contributed by atoms with Gasteiger partial charge in [0.1, 0.15) is 0 Å². The van der Waals surface area contributed by atoms with Crippen molar-refractivity contribution in [1.29, 1.82) is 0 Å². The fraction of sp³-hybridized carbons (Fsp3) is 0.917. The van der Waals surface area contributed by atoms with Crippen molar-refractivity contribution in [3.8, 4) is 0 Å². The number of amides is 1. The minimum atomic E-state index is 0.208. The highest BCUT2D eigenvalue weighted by Crippen LogP contribution is 2.11. The zero-order valence-electron chi connectivity index (χ0n) is 11.0. The number of rotatable bonds is 4. The third-order valence-corrected chi connectivity index (χ3v) is 3.10. The van der Waals surface area contributed by atoms with Crippen LogP contribution in [0.5, 0.6) is 0 Å². The molecular formula is C12H25N3O. The maximum absolute atomic E-state index is 11.2. The first-order chi connectivity index (χ1) is 7.49. The van der Waals surface area contributed by atoms with Crippen LogP contribution in [0, 0.1) is 0 Å². The Labute approximate surface area is 99.0 Å². The summed E-state index contributed by atoms with van der Waals surface area (Å²) >= 11 is 0. The van der Waals surface area contributed by atoms with Crippen molar-refractivity contribution < 1.29 is 4.79 Å². The number of carbonyl (C=O) groups is 1. The molecule has 1 aliphatic heterocycles. The van der Waals surface area contributed by atoms with E-state index in [0.29, 0.717) is 12.1 Å². The molecule has 0 aliphatic carbocycles. The van der Waals surface area contributed by atoms with Gasteiger partial charge in [0.2, 0.25) is 5.91 Å². The van der Waals surface area contributed by atoms with Gasteiger partial charge in [0.15, 0.2) is 0 Å². The number of hydrogen-bond acceptors (Lipinski definition) is 3. The molecule has 1 atom stereocenters. The fourth-order valence-corrected chi connectivity index (χ4v) is 2.36. The highest BCUT2D eigenvalue weighted by molar-refractivity contribution is 5.73. The van der Waals surface area contributed by atoms with E-state index in [-0.39, 0.29) is 5.91 Å². The van der Waals surface area contributed by atoms with Crippen LogP contribution in [0.25, 0.3) is 0 Å². The quantitative estimate of drug-likeness (QED) is 0.761. The Morgan fingerprint density at radius 3 is 2.44 bits per heavy atom. The van der Waals surface area contributed by atoms with Gasteiger partial charge in [-0.2, -0.15) is 0 Å². The Kier molecular flexibility index (Phi) is 5.22. The lowest BCUT2D eigenvalue weighted by Crippen LogP contribution is -2.48. The van der Waals surface area contributed by atoms with Crippen molar-refractivity contribution in [2.75, 3.05) is 33.7 Å². The molecule has 0 bridgehead atoms. The first-order valence-corrected chi connectivity index (χ1v) is 6.15. The number of carbonyl (C=O) groups excluding carboxylic acids is 1. The van der Waals surface area contributed by atoms with Crippen molar-refractivity contribution in [3.05, 3.63) is 0 Å². The molecule has 94 valence electrons. The summed E-state index contributed by atoms with van der Waals surface area (Å²) in [6.07, 6.45) is 2.16. The van der Waals surface area contributed by atoms with Gasteiger partial charge >= 0.3 is 0 Å². The van der Waals surface area contributed by atoms with Crippen LogP contribution in [0.4, 0.5) is 0 Å². The fourth-order valence-electron chi connectivity index (χ4n) is 2.36. The molecule has 1 saturated heterocycles. The van der Waals surface area contributed by atoms with E-state index in [1.165, 1.54) is 0 Å². The maximum atomic E-state index is 11.2. The summed E-state index contributed by atoms with van der Waals surface area (Å²) in [6, 6.07) is 1.09. The van der Waals surface area contributed by atoms with E-state index in [1.807, 2.05) is 4.90 Å². The first kappa shape index (κ1) is 13.5. The van der Waals surface area contributed by atoms with Crippen molar-refractivity contribution in [1.82, 2.24) is 15.1 Å². The summed E-state index contributed by atoms with van der Waals surface area (Å²) < 4.78 is 0. The molecule has 0 aromatic carbocycles. The van der Waals surface area contributed by atoms with Gasteiger partial charge in [-0.25, -0.2) is 0 Å². The summed E-state index contributed by atoms with van der Waals surface area (Å²) in [7, 11) is 4.19. The lowest BCUT2D eigenvalue weighted by molar-refractivity contribution is -0.129. The van der Waals surface area contributed by atoms with E-state index < -0.39 is 0 Å². The molecule has 1 amide bonds. The van der Waals surface area contributed by atoms with Crippen molar-refractivity contribution in [3.63, 3.8) is 0 Å². The summed E-state index contributed by atoms with van der Waals surface area (Å²) in [4.78, 5) is 15.3. The molecular weight excluding hydrogens is 202 g/mol. The number of hydrogen-bond donors (Lipinski definition) is 1. The Balaban J connectivity index is 2.24. The first-order valence-electron chi connectivity index (χ1n) is 6.15. The minimum absolute atomic E-state index is 0.208. The Bertz CT molecular complexity index is 222. The van der Waals surface area contributed by atoms with Crippen LogP contribution < -0.4 is 5.32 Å². The average Bonchev–Trinajstić information content (AvgIpc) is 2.16. The lowest BCUT2D eigenvalue weighted by Gasteiger charge is -2.33. The number of piperidine rings is 1. The predicted octanol–water partition coefficient (Wildman–Crippen LogP) is 0.537. The second-order valence-electron chi connectivity index (χ2n) is 5.11. The van der Waals surface area contributed by atoms with E-state index in [2.05, 4.69) is 31.2 Å². The van der Waals surface area contributed by atoms with Gasteiger partial charge in [-0.3, -0.25) is 4.79 Å². The van der Waals surface area contributed by atoms with Crippen molar-refractivity contribution >= 4 is 5.91 Å². The molecule has 0 aromatic rings. The summed E-state index contributed by atoms with van der Waals surface area (Å²) in [5.41, 5.74) is 0. The van der Waals surface area contributed by atoms with Gasteiger partial charge in [0.05, 0.1) is 0 Å². The Hall–Kier alpha value is -0.610. The predicted molar refractivity (Wildman–Crippen MR) is 66.4 cm³/mol. The van der Waals surface area contributed by atoms with E-state index in [1.54, 1.807) is 6.92 Å². The molecule has 1 fully saturated rings. The lowest BCUT2D eigenvalue weighted by atomic mass is 10.0. The third kappa shape index (κ3) is 4.49. The molecule has 1 unspecified atom stereocenters. The second-order valence-corrected chi connectivity index (χ2v) is 5.11. The highest BCUT2D eigenvalue weighted by Gasteiger charge is 2.21. The number of likely N-dealkylation sites (tertiary alicyclic amines) is 1. The molecule has 1 N–H and O–H groups in total. The Morgan fingerprint density at radius 2 is 2.00 bits per heavy atom. The zero-order chi connectivity index (χ0) is 12.1. The van der Waals surface area contributed by atoms with Crippen LogP contribution in [0.2, 0.25) is 0 Å². The number of nitrogens with zero attached hydrogens (tertiary/aromatic N) is 2.